The van der Waals surface area contributed by atoms with Gasteiger partial charge in [-0.25, -0.2) is 0 Å². The highest BCUT2D eigenvalue weighted by Crippen LogP contribution is 2.34. The molecular formula is C18H12Cl2N2. The number of benzene rings is 3. The predicted octanol–water partition coefficient (Wildman–Crippen LogP) is 5.96. The molecule has 108 valence electrons. The minimum absolute atomic E-state index is 0.185. The normalized spacial score (nSPS) is 10.4. The van der Waals surface area contributed by atoms with Gasteiger partial charge in [-0.1, -0.05) is 53.5 Å². The van der Waals surface area contributed by atoms with Crippen molar-refractivity contribution < 1.29 is 0 Å². The molecule has 0 bridgehead atoms. The smallest absolute Gasteiger partial charge is 0.0698 e. The van der Waals surface area contributed by atoms with E-state index in [-0.39, 0.29) is 6.42 Å². The third kappa shape index (κ3) is 2.87. The van der Waals surface area contributed by atoms with Crippen molar-refractivity contribution in [3.63, 3.8) is 0 Å². The van der Waals surface area contributed by atoms with E-state index in [1.807, 2.05) is 24.3 Å². The molecule has 4 heteroatoms. The molecule has 0 aliphatic rings. The van der Waals surface area contributed by atoms with Crippen LogP contribution in [-0.4, -0.2) is 0 Å². The zero-order valence-corrected chi connectivity index (χ0v) is 13.1. The average Bonchev–Trinajstić information content (AvgIpc) is 2.54. The summed E-state index contributed by atoms with van der Waals surface area (Å²) < 4.78 is 0. The lowest BCUT2D eigenvalue weighted by Gasteiger charge is -2.12. The van der Waals surface area contributed by atoms with Gasteiger partial charge >= 0.3 is 0 Å². The molecule has 0 fully saturated rings. The number of rotatable bonds is 3. The lowest BCUT2D eigenvalue weighted by atomic mass is 10.1. The van der Waals surface area contributed by atoms with Gasteiger partial charge in [-0.05, 0) is 35.0 Å². The molecule has 2 nitrogen and oxygen atoms in total. The Hall–Kier alpha value is -2.21. The zero-order valence-electron chi connectivity index (χ0n) is 11.6. The van der Waals surface area contributed by atoms with E-state index >= 15 is 0 Å². The first-order chi connectivity index (χ1) is 10.7. The van der Waals surface area contributed by atoms with Gasteiger partial charge in [-0.2, -0.15) is 5.26 Å². The molecule has 0 unspecified atom stereocenters. The number of hydrogen-bond donors (Lipinski definition) is 1. The first-order valence-electron chi connectivity index (χ1n) is 6.78. The van der Waals surface area contributed by atoms with E-state index in [2.05, 4.69) is 35.7 Å². The lowest BCUT2D eigenvalue weighted by molar-refractivity contribution is 1.26. The van der Waals surface area contributed by atoms with Crippen LogP contribution in [0.4, 0.5) is 11.4 Å². The van der Waals surface area contributed by atoms with Gasteiger partial charge < -0.3 is 5.32 Å². The number of hydrogen-bond acceptors (Lipinski definition) is 2. The van der Waals surface area contributed by atoms with Gasteiger partial charge in [0, 0.05) is 16.3 Å². The van der Waals surface area contributed by atoms with Crippen LogP contribution in [0.15, 0.2) is 54.6 Å². The summed E-state index contributed by atoms with van der Waals surface area (Å²) in [5.74, 6) is 0. The van der Waals surface area contributed by atoms with Gasteiger partial charge in [-0.15, -0.1) is 0 Å². The average molecular weight is 327 g/mol. The summed E-state index contributed by atoms with van der Waals surface area (Å²) in [7, 11) is 0. The summed E-state index contributed by atoms with van der Waals surface area (Å²) in [6, 6.07) is 19.9. The Morgan fingerprint density at radius 3 is 2.50 bits per heavy atom. The fraction of sp³-hybridized carbons (Fsp3) is 0.0556. The Bertz CT molecular complexity index is 882. The van der Waals surface area contributed by atoms with Gasteiger partial charge in [0.2, 0.25) is 0 Å². The van der Waals surface area contributed by atoms with Crippen LogP contribution in [0, 0.1) is 11.3 Å². The van der Waals surface area contributed by atoms with Crippen molar-refractivity contribution in [1.29, 1.82) is 5.26 Å². The third-order valence-electron chi connectivity index (χ3n) is 3.47. The van der Waals surface area contributed by atoms with Crippen molar-refractivity contribution in [3.8, 4) is 6.07 Å². The van der Waals surface area contributed by atoms with Crippen molar-refractivity contribution in [2.24, 2.45) is 0 Å². The van der Waals surface area contributed by atoms with Crippen molar-refractivity contribution in [2.45, 2.75) is 6.42 Å². The first-order valence-corrected chi connectivity index (χ1v) is 7.54. The Labute approximate surface area is 138 Å². The molecule has 3 aromatic carbocycles. The van der Waals surface area contributed by atoms with Crippen LogP contribution < -0.4 is 5.32 Å². The van der Waals surface area contributed by atoms with Crippen LogP contribution in [-0.2, 0) is 6.42 Å². The highest BCUT2D eigenvalue weighted by atomic mass is 35.5. The number of nitrogens with zero attached hydrogens (tertiary/aromatic N) is 1. The van der Waals surface area contributed by atoms with E-state index < -0.39 is 0 Å². The second kappa shape index (κ2) is 6.27. The predicted molar refractivity (Wildman–Crippen MR) is 93.0 cm³/mol. The van der Waals surface area contributed by atoms with E-state index in [9.17, 15) is 0 Å². The molecule has 0 saturated heterocycles. The second-order valence-corrected chi connectivity index (χ2v) is 5.69. The highest BCUT2D eigenvalue weighted by molar-refractivity contribution is 6.37. The third-order valence-corrected chi connectivity index (χ3v) is 4.26. The zero-order chi connectivity index (χ0) is 15.5. The van der Waals surface area contributed by atoms with E-state index in [0.29, 0.717) is 15.6 Å². The molecule has 0 atom stereocenters. The summed E-state index contributed by atoms with van der Waals surface area (Å²) >= 11 is 12.5. The van der Waals surface area contributed by atoms with Gasteiger partial charge in [0.1, 0.15) is 0 Å². The largest absolute Gasteiger partial charge is 0.354 e. The Morgan fingerprint density at radius 1 is 0.955 bits per heavy atom. The fourth-order valence-corrected chi connectivity index (χ4v) is 2.91. The van der Waals surface area contributed by atoms with Crippen LogP contribution in [0.3, 0.4) is 0 Å². The topological polar surface area (TPSA) is 35.8 Å². The summed E-state index contributed by atoms with van der Waals surface area (Å²) in [5, 5.41) is 15.5. The molecule has 0 saturated carbocycles. The maximum atomic E-state index is 8.88. The number of nitrogens with one attached hydrogen (secondary N) is 1. The molecule has 0 radical (unpaired) electrons. The van der Waals surface area contributed by atoms with E-state index in [1.54, 1.807) is 6.07 Å². The van der Waals surface area contributed by atoms with Crippen molar-refractivity contribution in [2.75, 3.05) is 5.32 Å². The van der Waals surface area contributed by atoms with Crippen LogP contribution >= 0.6 is 23.2 Å². The van der Waals surface area contributed by atoms with Gasteiger partial charge in [0.25, 0.3) is 0 Å². The molecule has 0 heterocycles. The number of halogens is 2. The van der Waals surface area contributed by atoms with Gasteiger partial charge in [0.05, 0.1) is 23.2 Å². The number of anilines is 2. The second-order valence-electron chi connectivity index (χ2n) is 4.91. The van der Waals surface area contributed by atoms with Crippen LogP contribution in [0.1, 0.15) is 5.56 Å². The van der Waals surface area contributed by atoms with Gasteiger partial charge in [0.15, 0.2) is 0 Å². The molecule has 3 rings (SSSR count). The minimum Gasteiger partial charge on any atom is -0.354 e. The lowest BCUT2D eigenvalue weighted by Crippen LogP contribution is -1.95. The Morgan fingerprint density at radius 2 is 1.73 bits per heavy atom. The molecule has 0 aliphatic heterocycles. The van der Waals surface area contributed by atoms with E-state index in [1.165, 1.54) is 5.39 Å². The van der Waals surface area contributed by atoms with E-state index in [0.717, 1.165) is 16.8 Å². The SMILES string of the molecule is N#CCc1c(Cl)ccc(Nc2ccc3ccccc3c2)c1Cl. The maximum Gasteiger partial charge on any atom is 0.0698 e. The Balaban J connectivity index is 1.98. The number of fused-ring (bicyclic) bond motifs is 1. The molecular weight excluding hydrogens is 315 g/mol. The number of nitriles is 1. The first kappa shape index (κ1) is 14.7. The molecule has 0 amide bonds. The van der Waals surface area contributed by atoms with Crippen molar-refractivity contribution >= 4 is 45.3 Å². The standard InChI is InChI=1S/C18H12Cl2N2/c19-16-7-8-17(18(20)15(16)9-10-21)22-14-6-5-12-3-1-2-4-13(12)11-14/h1-8,11,22H,9H2. The summed E-state index contributed by atoms with van der Waals surface area (Å²) in [6.45, 7) is 0. The minimum atomic E-state index is 0.185. The molecule has 0 aliphatic carbocycles. The molecule has 0 aromatic heterocycles. The van der Waals surface area contributed by atoms with Crippen LogP contribution in [0.25, 0.3) is 10.8 Å². The van der Waals surface area contributed by atoms with E-state index in [4.69, 9.17) is 28.5 Å². The quantitative estimate of drug-likeness (QED) is 0.644. The van der Waals surface area contributed by atoms with Crippen molar-refractivity contribution in [3.05, 3.63) is 70.2 Å². The summed E-state index contributed by atoms with van der Waals surface area (Å²) in [4.78, 5) is 0. The van der Waals surface area contributed by atoms with Crippen LogP contribution in [0.5, 0.6) is 0 Å². The monoisotopic (exact) mass is 326 g/mol. The Kier molecular flexibility index (Phi) is 4.20. The van der Waals surface area contributed by atoms with Crippen molar-refractivity contribution in [1.82, 2.24) is 0 Å². The van der Waals surface area contributed by atoms with Crippen LogP contribution in [0.2, 0.25) is 10.0 Å². The molecule has 3 aromatic rings. The molecule has 1 N–H and O–H groups in total. The molecule has 0 spiro atoms. The summed E-state index contributed by atoms with van der Waals surface area (Å²) in [6.07, 6.45) is 0.185. The fourth-order valence-electron chi connectivity index (χ4n) is 2.36. The summed E-state index contributed by atoms with van der Waals surface area (Å²) in [5.41, 5.74) is 2.33. The maximum absolute atomic E-state index is 8.88. The highest BCUT2D eigenvalue weighted by Gasteiger charge is 2.10. The molecule has 22 heavy (non-hydrogen) atoms. The van der Waals surface area contributed by atoms with Gasteiger partial charge in [-0.3, -0.25) is 0 Å².